The number of methoxy groups -OCH3 is 2. The van der Waals surface area contributed by atoms with Crippen LogP contribution in [0.15, 0.2) is 0 Å². The van der Waals surface area contributed by atoms with Gasteiger partial charge in [-0.25, -0.2) is 0 Å². The second-order valence-corrected chi connectivity index (χ2v) is 2.05. The maximum atomic E-state index is 8.40. The molecule has 0 heterocycles. The van der Waals surface area contributed by atoms with Crippen LogP contribution >= 0.6 is 0 Å². The summed E-state index contributed by atoms with van der Waals surface area (Å²) >= 11 is 0. The van der Waals surface area contributed by atoms with Gasteiger partial charge < -0.3 is 19.3 Å². The number of aliphatic hydroxyl groups is 1. The molecule has 0 unspecified atom stereocenters. The Kier molecular flexibility index (Phi) is 7.83. The second kappa shape index (κ2) is 7.94. The van der Waals surface area contributed by atoms with Gasteiger partial charge in [-0.05, 0) is 6.42 Å². The van der Waals surface area contributed by atoms with Crippen LogP contribution in [-0.4, -0.2) is 45.4 Å². The number of aliphatic hydroxyl groups excluding tert-OH is 1. The lowest BCUT2D eigenvalue weighted by molar-refractivity contribution is -0.140. The molecular weight excluding hydrogens is 148 g/mol. The molecule has 0 amide bonds. The minimum Gasteiger partial charge on any atom is -0.396 e. The van der Waals surface area contributed by atoms with Gasteiger partial charge in [0.15, 0.2) is 6.29 Å². The molecule has 1 N–H and O–H groups in total. The largest absolute Gasteiger partial charge is 0.396 e. The Morgan fingerprint density at radius 2 is 1.91 bits per heavy atom. The monoisotopic (exact) mass is 164 g/mol. The number of hydrogen-bond donors (Lipinski definition) is 1. The van der Waals surface area contributed by atoms with E-state index in [1.54, 1.807) is 14.2 Å². The zero-order valence-electron chi connectivity index (χ0n) is 7.08. The molecule has 0 aliphatic heterocycles. The summed E-state index contributed by atoms with van der Waals surface area (Å²) in [5.74, 6) is 0. The molecule has 0 rings (SSSR count). The van der Waals surface area contributed by atoms with Crippen molar-refractivity contribution in [1.29, 1.82) is 0 Å². The molecule has 0 saturated heterocycles. The number of ether oxygens (including phenoxy) is 3. The predicted molar refractivity (Wildman–Crippen MR) is 40.3 cm³/mol. The Morgan fingerprint density at radius 1 is 1.27 bits per heavy atom. The fraction of sp³-hybridized carbons (Fsp3) is 1.00. The van der Waals surface area contributed by atoms with Gasteiger partial charge in [-0.15, -0.1) is 0 Å². The van der Waals surface area contributed by atoms with Crippen LogP contribution in [-0.2, 0) is 14.2 Å². The highest BCUT2D eigenvalue weighted by molar-refractivity contribution is 4.38. The van der Waals surface area contributed by atoms with E-state index in [1.165, 1.54) is 0 Å². The van der Waals surface area contributed by atoms with Crippen LogP contribution in [0, 0.1) is 0 Å². The van der Waals surface area contributed by atoms with E-state index in [1.807, 2.05) is 0 Å². The summed E-state index contributed by atoms with van der Waals surface area (Å²) in [6.45, 7) is 1.11. The molecule has 0 spiro atoms. The third-order valence-electron chi connectivity index (χ3n) is 1.23. The van der Waals surface area contributed by atoms with E-state index in [9.17, 15) is 0 Å². The lowest BCUT2D eigenvalue weighted by Gasteiger charge is -2.12. The van der Waals surface area contributed by atoms with Crippen molar-refractivity contribution in [3.8, 4) is 0 Å². The summed E-state index contributed by atoms with van der Waals surface area (Å²) in [6, 6.07) is 0. The molecule has 0 aromatic carbocycles. The first-order valence-corrected chi connectivity index (χ1v) is 3.59. The first-order valence-electron chi connectivity index (χ1n) is 3.59. The highest BCUT2D eigenvalue weighted by Gasteiger charge is 2.03. The zero-order chi connectivity index (χ0) is 8.53. The zero-order valence-corrected chi connectivity index (χ0v) is 7.08. The van der Waals surface area contributed by atoms with E-state index >= 15 is 0 Å². The molecule has 4 nitrogen and oxygen atoms in total. The van der Waals surface area contributed by atoms with Crippen LogP contribution in [0.5, 0.6) is 0 Å². The van der Waals surface area contributed by atoms with Crippen molar-refractivity contribution in [2.75, 3.05) is 34.0 Å². The Bertz CT molecular complexity index is 72.8. The van der Waals surface area contributed by atoms with Crippen LogP contribution in [0.4, 0.5) is 0 Å². The molecule has 0 aliphatic carbocycles. The molecule has 68 valence electrons. The Morgan fingerprint density at radius 3 is 2.36 bits per heavy atom. The van der Waals surface area contributed by atoms with Gasteiger partial charge in [0, 0.05) is 27.4 Å². The second-order valence-electron chi connectivity index (χ2n) is 2.05. The van der Waals surface area contributed by atoms with Crippen LogP contribution in [0.2, 0.25) is 0 Å². The van der Waals surface area contributed by atoms with Gasteiger partial charge in [-0.1, -0.05) is 0 Å². The van der Waals surface area contributed by atoms with Crippen molar-refractivity contribution >= 4 is 0 Å². The Hall–Kier alpha value is -0.160. The maximum absolute atomic E-state index is 8.40. The van der Waals surface area contributed by atoms with Gasteiger partial charge in [0.05, 0.1) is 6.61 Å². The van der Waals surface area contributed by atoms with E-state index < -0.39 is 0 Å². The van der Waals surface area contributed by atoms with Gasteiger partial charge in [0.25, 0.3) is 0 Å². The summed E-state index contributed by atoms with van der Waals surface area (Å²) < 4.78 is 14.8. The molecular formula is C7H16O4. The summed E-state index contributed by atoms with van der Waals surface area (Å²) in [5.41, 5.74) is 0. The smallest absolute Gasteiger partial charge is 0.180 e. The SMILES string of the molecule is COC(COCCCO)OC. The standard InChI is InChI=1S/C7H16O4/c1-9-7(10-2)6-11-5-3-4-8/h7-8H,3-6H2,1-2H3. The fourth-order valence-electron chi connectivity index (χ4n) is 0.578. The van der Waals surface area contributed by atoms with E-state index in [0.717, 1.165) is 0 Å². The van der Waals surface area contributed by atoms with Crippen LogP contribution in [0.3, 0.4) is 0 Å². The summed E-state index contributed by atoms with van der Waals surface area (Å²) in [5, 5.41) is 8.40. The summed E-state index contributed by atoms with van der Waals surface area (Å²) in [6.07, 6.45) is 0.355. The van der Waals surface area contributed by atoms with Gasteiger partial charge in [0.2, 0.25) is 0 Å². The van der Waals surface area contributed by atoms with E-state index in [2.05, 4.69) is 0 Å². The van der Waals surface area contributed by atoms with Crippen molar-refractivity contribution in [3.63, 3.8) is 0 Å². The Balaban J connectivity index is 3.07. The van der Waals surface area contributed by atoms with Crippen molar-refractivity contribution in [3.05, 3.63) is 0 Å². The lowest BCUT2D eigenvalue weighted by atomic mass is 10.5. The minimum atomic E-state index is -0.298. The molecule has 4 heteroatoms. The van der Waals surface area contributed by atoms with E-state index in [-0.39, 0.29) is 12.9 Å². The highest BCUT2D eigenvalue weighted by Crippen LogP contribution is 1.92. The van der Waals surface area contributed by atoms with Crippen molar-refractivity contribution in [2.24, 2.45) is 0 Å². The molecule has 0 atom stereocenters. The molecule has 0 saturated carbocycles. The highest BCUT2D eigenvalue weighted by atomic mass is 16.7. The van der Waals surface area contributed by atoms with Crippen molar-refractivity contribution in [1.82, 2.24) is 0 Å². The molecule has 0 aliphatic rings. The van der Waals surface area contributed by atoms with Gasteiger partial charge in [0.1, 0.15) is 0 Å². The molecule has 11 heavy (non-hydrogen) atoms. The Labute approximate surface area is 67.1 Å². The lowest BCUT2D eigenvalue weighted by Crippen LogP contribution is -2.20. The first kappa shape index (κ1) is 10.8. The molecule has 0 fully saturated rings. The average Bonchev–Trinajstić information content (AvgIpc) is 2.05. The van der Waals surface area contributed by atoms with Crippen LogP contribution in [0.25, 0.3) is 0 Å². The van der Waals surface area contributed by atoms with Crippen molar-refractivity contribution in [2.45, 2.75) is 12.7 Å². The molecule has 0 bridgehead atoms. The maximum Gasteiger partial charge on any atom is 0.180 e. The quantitative estimate of drug-likeness (QED) is 0.425. The fourth-order valence-corrected chi connectivity index (χ4v) is 0.578. The van der Waals surface area contributed by atoms with Gasteiger partial charge >= 0.3 is 0 Å². The number of rotatable bonds is 7. The van der Waals surface area contributed by atoms with E-state index in [0.29, 0.717) is 19.6 Å². The third kappa shape index (κ3) is 6.25. The minimum absolute atomic E-state index is 0.157. The average molecular weight is 164 g/mol. The van der Waals surface area contributed by atoms with Crippen LogP contribution < -0.4 is 0 Å². The van der Waals surface area contributed by atoms with Crippen LogP contribution in [0.1, 0.15) is 6.42 Å². The molecule has 0 radical (unpaired) electrons. The topological polar surface area (TPSA) is 47.9 Å². The molecule has 0 aromatic rings. The normalized spacial score (nSPS) is 10.9. The third-order valence-corrected chi connectivity index (χ3v) is 1.23. The van der Waals surface area contributed by atoms with Gasteiger partial charge in [-0.2, -0.15) is 0 Å². The first-order chi connectivity index (χ1) is 5.35. The van der Waals surface area contributed by atoms with Gasteiger partial charge in [-0.3, -0.25) is 0 Å². The van der Waals surface area contributed by atoms with Crippen molar-refractivity contribution < 1.29 is 19.3 Å². The molecule has 0 aromatic heterocycles. The number of hydrogen-bond acceptors (Lipinski definition) is 4. The summed E-state index contributed by atoms with van der Waals surface area (Å²) in [7, 11) is 3.12. The predicted octanol–water partition coefficient (Wildman–Crippen LogP) is 0.00430. The van der Waals surface area contributed by atoms with E-state index in [4.69, 9.17) is 19.3 Å². The summed E-state index contributed by atoms with van der Waals surface area (Å²) in [4.78, 5) is 0.